The number of sulfonamides is 1. The molecule has 0 saturated heterocycles. The van der Waals surface area contributed by atoms with Crippen molar-refractivity contribution in [3.05, 3.63) is 35.9 Å². The summed E-state index contributed by atoms with van der Waals surface area (Å²) in [7, 11) is -0.0380. The van der Waals surface area contributed by atoms with E-state index in [0.717, 1.165) is 5.56 Å². The molecule has 0 saturated carbocycles. The maximum absolute atomic E-state index is 11.4. The van der Waals surface area contributed by atoms with Crippen LogP contribution in [-0.2, 0) is 15.8 Å². The Morgan fingerprint density at radius 1 is 1.15 bits per heavy atom. The molecule has 0 aliphatic heterocycles. The van der Waals surface area contributed by atoms with Crippen LogP contribution in [0.1, 0.15) is 5.56 Å². The number of benzene rings is 1. The Hall–Kier alpha value is -0.870. The van der Waals surface area contributed by atoms with E-state index >= 15 is 0 Å². The van der Waals surface area contributed by atoms with Gasteiger partial charge in [-0.25, -0.2) is 12.7 Å². The van der Waals surface area contributed by atoms with Crippen molar-refractivity contribution < 1.29 is 8.42 Å². The van der Waals surface area contributed by atoms with Crippen LogP contribution in [0.3, 0.4) is 0 Å². The topological polar surface area (TPSA) is 37.4 Å². The molecule has 1 aromatic carbocycles. The predicted octanol–water partition coefficient (Wildman–Crippen LogP) is 1.08. The zero-order valence-electron chi connectivity index (χ0n) is 7.77. The molecule has 0 unspecified atom stereocenters. The van der Waals surface area contributed by atoms with Crippen molar-refractivity contribution in [3.63, 3.8) is 0 Å². The molecule has 3 nitrogen and oxygen atoms in total. The molecule has 0 aliphatic rings. The van der Waals surface area contributed by atoms with Crippen LogP contribution in [0, 0.1) is 0 Å². The van der Waals surface area contributed by atoms with Gasteiger partial charge in [0, 0.05) is 14.1 Å². The second-order valence-electron chi connectivity index (χ2n) is 3.02. The maximum atomic E-state index is 11.4. The van der Waals surface area contributed by atoms with Crippen molar-refractivity contribution in [2.45, 2.75) is 5.75 Å². The minimum Gasteiger partial charge on any atom is -0.212 e. The fourth-order valence-corrected chi connectivity index (χ4v) is 1.79. The van der Waals surface area contributed by atoms with Crippen LogP contribution in [0.15, 0.2) is 30.3 Å². The van der Waals surface area contributed by atoms with Crippen LogP contribution < -0.4 is 0 Å². The molecule has 0 atom stereocenters. The van der Waals surface area contributed by atoms with Gasteiger partial charge >= 0.3 is 0 Å². The van der Waals surface area contributed by atoms with Crippen LogP contribution in [-0.4, -0.2) is 26.8 Å². The molecule has 4 heteroatoms. The maximum Gasteiger partial charge on any atom is 0.217 e. The van der Waals surface area contributed by atoms with Crippen LogP contribution in [0.4, 0.5) is 0 Å². The smallest absolute Gasteiger partial charge is 0.212 e. The van der Waals surface area contributed by atoms with Crippen molar-refractivity contribution in [2.24, 2.45) is 0 Å². The highest BCUT2D eigenvalue weighted by Crippen LogP contribution is 2.06. The van der Waals surface area contributed by atoms with Gasteiger partial charge in [-0.3, -0.25) is 0 Å². The van der Waals surface area contributed by atoms with Crippen molar-refractivity contribution in [1.82, 2.24) is 4.31 Å². The van der Waals surface area contributed by atoms with Gasteiger partial charge in [-0.2, -0.15) is 0 Å². The van der Waals surface area contributed by atoms with Gasteiger partial charge in [0.15, 0.2) is 0 Å². The van der Waals surface area contributed by atoms with Gasteiger partial charge in [-0.15, -0.1) is 0 Å². The summed E-state index contributed by atoms with van der Waals surface area (Å²) in [6.45, 7) is 0. The molecule has 0 heterocycles. The van der Waals surface area contributed by atoms with Gasteiger partial charge in [-0.05, 0) is 5.56 Å². The molecule has 0 aromatic heterocycles. The average molecular weight is 199 g/mol. The summed E-state index contributed by atoms with van der Waals surface area (Å²) in [5, 5.41) is 0. The van der Waals surface area contributed by atoms with Crippen LogP contribution in [0.25, 0.3) is 0 Å². The molecule has 13 heavy (non-hydrogen) atoms. The number of rotatable bonds is 3. The molecular formula is C9H13NO2S. The first-order chi connectivity index (χ1) is 6.02. The summed E-state index contributed by atoms with van der Waals surface area (Å²) in [4.78, 5) is 0. The lowest BCUT2D eigenvalue weighted by Crippen LogP contribution is -2.23. The van der Waals surface area contributed by atoms with E-state index in [2.05, 4.69) is 0 Å². The van der Waals surface area contributed by atoms with Crippen molar-refractivity contribution in [1.29, 1.82) is 0 Å². The van der Waals surface area contributed by atoms with Crippen molar-refractivity contribution in [2.75, 3.05) is 14.1 Å². The van der Waals surface area contributed by atoms with Gasteiger partial charge in [-0.1, -0.05) is 30.3 Å². The SMILES string of the molecule is CN(C)S(=O)(=O)Cc1ccccc1. The Balaban J connectivity index is 2.82. The quantitative estimate of drug-likeness (QED) is 0.730. The molecule has 0 spiro atoms. The summed E-state index contributed by atoms with van der Waals surface area (Å²) >= 11 is 0. The Labute approximate surface area is 79.0 Å². The second kappa shape index (κ2) is 3.89. The fraction of sp³-hybridized carbons (Fsp3) is 0.333. The fourth-order valence-electron chi connectivity index (χ4n) is 0.914. The molecule has 0 bridgehead atoms. The standard InChI is InChI=1S/C9H13NO2S/c1-10(2)13(11,12)8-9-6-4-3-5-7-9/h3-7H,8H2,1-2H3. The van der Waals surface area contributed by atoms with E-state index in [9.17, 15) is 8.42 Å². The Morgan fingerprint density at radius 2 is 1.69 bits per heavy atom. The van der Waals surface area contributed by atoms with Crippen molar-refractivity contribution >= 4 is 10.0 Å². The average Bonchev–Trinajstić information content (AvgIpc) is 2.05. The molecule has 72 valence electrons. The minimum atomic E-state index is -3.12. The second-order valence-corrected chi connectivity index (χ2v) is 5.21. The first-order valence-corrected chi connectivity index (χ1v) is 5.57. The number of hydrogen-bond donors (Lipinski definition) is 0. The third kappa shape index (κ3) is 2.82. The largest absolute Gasteiger partial charge is 0.217 e. The Bertz CT molecular complexity index is 356. The predicted molar refractivity (Wildman–Crippen MR) is 52.8 cm³/mol. The molecule has 0 radical (unpaired) electrons. The van der Waals surface area contributed by atoms with Crippen LogP contribution in [0.2, 0.25) is 0 Å². The summed E-state index contributed by atoms with van der Waals surface area (Å²) in [5.41, 5.74) is 0.816. The van der Waals surface area contributed by atoms with E-state index in [1.807, 2.05) is 18.2 Å². The van der Waals surface area contributed by atoms with E-state index in [4.69, 9.17) is 0 Å². The van der Waals surface area contributed by atoms with E-state index in [0.29, 0.717) is 0 Å². The Kier molecular flexibility index (Phi) is 3.06. The van der Waals surface area contributed by atoms with E-state index in [1.165, 1.54) is 18.4 Å². The van der Waals surface area contributed by atoms with E-state index in [1.54, 1.807) is 12.1 Å². The first kappa shape index (κ1) is 10.2. The molecular weight excluding hydrogens is 186 g/mol. The van der Waals surface area contributed by atoms with Gasteiger partial charge in [0.1, 0.15) is 0 Å². The molecule has 1 aromatic rings. The normalized spacial score (nSPS) is 11.9. The van der Waals surface area contributed by atoms with Gasteiger partial charge in [0.2, 0.25) is 10.0 Å². The van der Waals surface area contributed by atoms with Gasteiger partial charge in [0.05, 0.1) is 5.75 Å². The third-order valence-electron chi connectivity index (χ3n) is 1.75. The highest BCUT2D eigenvalue weighted by Gasteiger charge is 2.13. The first-order valence-electron chi connectivity index (χ1n) is 3.96. The molecule has 0 amide bonds. The summed E-state index contributed by atoms with van der Waals surface area (Å²) < 4.78 is 24.1. The zero-order valence-corrected chi connectivity index (χ0v) is 8.58. The zero-order chi connectivity index (χ0) is 9.90. The van der Waals surface area contributed by atoms with Gasteiger partial charge in [0.25, 0.3) is 0 Å². The molecule has 0 aliphatic carbocycles. The number of hydrogen-bond acceptors (Lipinski definition) is 2. The lowest BCUT2D eigenvalue weighted by atomic mass is 10.2. The minimum absolute atomic E-state index is 0.0703. The van der Waals surface area contributed by atoms with E-state index in [-0.39, 0.29) is 5.75 Å². The van der Waals surface area contributed by atoms with Gasteiger partial charge < -0.3 is 0 Å². The summed E-state index contributed by atoms with van der Waals surface area (Å²) in [6, 6.07) is 9.15. The highest BCUT2D eigenvalue weighted by molar-refractivity contribution is 7.88. The number of nitrogens with zero attached hydrogens (tertiary/aromatic N) is 1. The van der Waals surface area contributed by atoms with Crippen LogP contribution >= 0.6 is 0 Å². The summed E-state index contributed by atoms with van der Waals surface area (Å²) in [5.74, 6) is 0.0703. The third-order valence-corrected chi connectivity index (χ3v) is 3.56. The monoisotopic (exact) mass is 199 g/mol. The molecule has 0 fully saturated rings. The van der Waals surface area contributed by atoms with Crippen molar-refractivity contribution in [3.8, 4) is 0 Å². The lowest BCUT2D eigenvalue weighted by Gasteiger charge is -2.10. The summed E-state index contributed by atoms with van der Waals surface area (Å²) in [6.07, 6.45) is 0. The molecule has 0 N–H and O–H groups in total. The lowest BCUT2D eigenvalue weighted by molar-refractivity contribution is 0.520. The van der Waals surface area contributed by atoms with E-state index < -0.39 is 10.0 Å². The van der Waals surface area contributed by atoms with Crippen LogP contribution in [0.5, 0.6) is 0 Å². The Morgan fingerprint density at radius 3 is 2.15 bits per heavy atom. The molecule has 1 rings (SSSR count). The highest BCUT2D eigenvalue weighted by atomic mass is 32.2.